The third-order valence-electron chi connectivity index (χ3n) is 4.04. The Bertz CT molecular complexity index is 802. The minimum absolute atomic E-state index is 0.191. The molecule has 0 spiro atoms. The van der Waals surface area contributed by atoms with Crippen molar-refractivity contribution >= 4 is 23.7 Å². The zero-order valence-corrected chi connectivity index (χ0v) is 13.3. The second kappa shape index (κ2) is 6.52. The van der Waals surface area contributed by atoms with Crippen LogP contribution in [0.2, 0.25) is 0 Å². The summed E-state index contributed by atoms with van der Waals surface area (Å²) in [5.74, 6) is 0.0113. The van der Waals surface area contributed by atoms with Gasteiger partial charge in [-0.15, -0.1) is 0 Å². The predicted octanol–water partition coefficient (Wildman–Crippen LogP) is 1.71. The highest BCUT2D eigenvalue weighted by molar-refractivity contribution is 5.92. The molecule has 25 heavy (non-hydrogen) atoms. The van der Waals surface area contributed by atoms with E-state index in [2.05, 4.69) is 10.2 Å². The minimum atomic E-state index is -0.558. The van der Waals surface area contributed by atoms with Crippen molar-refractivity contribution in [2.45, 2.75) is 0 Å². The van der Waals surface area contributed by atoms with Gasteiger partial charge >= 0.3 is 6.09 Å². The topological polar surface area (TPSA) is 72.7 Å². The first-order valence-electron chi connectivity index (χ1n) is 7.89. The molecule has 0 aliphatic carbocycles. The minimum Gasteiger partial charge on any atom is -0.411 e. The van der Waals surface area contributed by atoms with Gasteiger partial charge in [0.05, 0.1) is 49.7 Å². The number of amides is 1. The lowest BCUT2D eigenvalue weighted by molar-refractivity contribution is 0.122. The Morgan fingerprint density at radius 1 is 1.16 bits per heavy atom. The summed E-state index contributed by atoms with van der Waals surface area (Å²) >= 11 is 0. The molecule has 1 aromatic carbocycles. The number of nitrogens with zero attached hydrogens (tertiary/aromatic N) is 5. The van der Waals surface area contributed by atoms with Crippen molar-refractivity contribution in [1.82, 2.24) is 15.0 Å². The van der Waals surface area contributed by atoms with E-state index in [4.69, 9.17) is 9.47 Å². The number of morpholine rings is 1. The third kappa shape index (κ3) is 3.18. The van der Waals surface area contributed by atoms with Crippen molar-refractivity contribution in [3.05, 3.63) is 42.2 Å². The maximum absolute atomic E-state index is 14.5. The van der Waals surface area contributed by atoms with Crippen LogP contribution in [0.5, 0.6) is 0 Å². The van der Waals surface area contributed by atoms with Crippen molar-refractivity contribution in [2.24, 2.45) is 0 Å². The van der Waals surface area contributed by atoms with Gasteiger partial charge in [-0.25, -0.2) is 9.18 Å². The maximum Gasteiger partial charge on any atom is 0.419 e. The average molecular weight is 345 g/mol. The number of rotatable bonds is 3. The molecule has 2 aliphatic rings. The molecule has 8 nitrogen and oxygen atoms in total. The smallest absolute Gasteiger partial charge is 0.411 e. The Balaban J connectivity index is 1.53. The second-order valence-corrected chi connectivity index (χ2v) is 5.63. The summed E-state index contributed by atoms with van der Waals surface area (Å²) in [7, 11) is 0. The molecule has 2 aliphatic heterocycles. The first-order valence-corrected chi connectivity index (χ1v) is 7.89. The number of carbonyl (C=O) groups is 1. The van der Waals surface area contributed by atoms with Gasteiger partial charge in [-0.2, -0.15) is 15.0 Å². The van der Waals surface area contributed by atoms with Crippen LogP contribution in [0.1, 0.15) is 0 Å². The molecule has 2 saturated heterocycles. The number of cyclic esters (lactones) is 1. The summed E-state index contributed by atoms with van der Waals surface area (Å²) in [4.78, 5) is 16.7. The van der Waals surface area contributed by atoms with Crippen LogP contribution in [0.3, 0.4) is 0 Å². The second-order valence-electron chi connectivity index (χ2n) is 5.63. The first-order chi connectivity index (χ1) is 12.2. The van der Waals surface area contributed by atoms with Crippen LogP contribution in [-0.2, 0) is 9.47 Å². The van der Waals surface area contributed by atoms with Gasteiger partial charge in [0, 0.05) is 13.1 Å². The number of benzene rings is 1. The molecule has 130 valence electrons. The van der Waals surface area contributed by atoms with Crippen LogP contribution >= 0.6 is 0 Å². The Hall–Kier alpha value is -2.94. The summed E-state index contributed by atoms with van der Waals surface area (Å²) in [5.41, 5.74) is 0.951. The number of ether oxygens (including phenoxy) is 2. The van der Waals surface area contributed by atoms with Gasteiger partial charge in [-0.3, -0.25) is 4.90 Å². The van der Waals surface area contributed by atoms with Crippen LogP contribution < -0.4 is 9.80 Å². The molecule has 0 saturated carbocycles. The Morgan fingerprint density at radius 3 is 2.64 bits per heavy atom. The van der Waals surface area contributed by atoms with Crippen LogP contribution in [-0.4, -0.2) is 53.9 Å². The lowest BCUT2D eigenvalue weighted by Gasteiger charge is -2.29. The lowest BCUT2D eigenvalue weighted by Crippen LogP contribution is -2.36. The molecule has 2 fully saturated rings. The van der Waals surface area contributed by atoms with Gasteiger partial charge in [-0.1, -0.05) is 0 Å². The normalized spacial score (nSPS) is 19.6. The summed E-state index contributed by atoms with van der Waals surface area (Å²) in [6.45, 7) is 2.64. The molecule has 9 heteroatoms. The van der Waals surface area contributed by atoms with E-state index >= 15 is 0 Å². The zero-order valence-electron chi connectivity index (χ0n) is 13.3. The maximum atomic E-state index is 14.5. The number of hydrogen-bond donors (Lipinski definition) is 0. The Kier molecular flexibility index (Phi) is 4.06. The van der Waals surface area contributed by atoms with Crippen LogP contribution in [0.25, 0.3) is 6.20 Å². The molecule has 0 bridgehead atoms. The summed E-state index contributed by atoms with van der Waals surface area (Å²) in [5, 5.41) is 7.85. The first kappa shape index (κ1) is 15.6. The van der Waals surface area contributed by atoms with Crippen LogP contribution in [0.4, 0.5) is 20.6 Å². The van der Waals surface area contributed by atoms with E-state index in [1.165, 1.54) is 34.4 Å². The highest BCUT2D eigenvalue weighted by atomic mass is 19.1. The molecule has 0 atom stereocenters. The molecule has 0 N–H and O–H groups in total. The standard InChI is InChI=1S/C16H16FN5O3/c17-14-9-12(1-2-15(14)20-5-7-24-8-6-20)21-10-13(25-16(21)23)11-22-18-3-4-19-22/h1-4,9,11H,5-8,10H2/b13-11-. The van der Waals surface area contributed by atoms with E-state index in [-0.39, 0.29) is 12.4 Å². The van der Waals surface area contributed by atoms with Crippen molar-refractivity contribution in [2.75, 3.05) is 42.6 Å². The quantitative estimate of drug-likeness (QED) is 0.843. The Morgan fingerprint density at radius 2 is 1.92 bits per heavy atom. The number of aromatic nitrogens is 3. The van der Waals surface area contributed by atoms with Gasteiger partial charge in [0.25, 0.3) is 0 Å². The van der Waals surface area contributed by atoms with Crippen molar-refractivity contribution in [3.63, 3.8) is 0 Å². The van der Waals surface area contributed by atoms with Crippen molar-refractivity contribution < 1.29 is 18.7 Å². The fourth-order valence-corrected chi connectivity index (χ4v) is 2.83. The van der Waals surface area contributed by atoms with Crippen LogP contribution in [0, 0.1) is 5.82 Å². The lowest BCUT2D eigenvalue weighted by atomic mass is 10.2. The van der Waals surface area contributed by atoms with E-state index in [9.17, 15) is 9.18 Å². The van der Waals surface area contributed by atoms with Gasteiger partial charge in [0.15, 0.2) is 0 Å². The monoisotopic (exact) mass is 345 g/mol. The van der Waals surface area contributed by atoms with E-state index in [0.717, 1.165) is 0 Å². The zero-order chi connectivity index (χ0) is 17.2. The SMILES string of the molecule is O=C1O/C(=C\n2nccn2)CN1c1ccc(N2CCOCC2)c(F)c1. The molecule has 4 rings (SSSR count). The molecular weight excluding hydrogens is 329 g/mol. The molecule has 2 aromatic rings. The average Bonchev–Trinajstić information content (AvgIpc) is 3.25. The highest BCUT2D eigenvalue weighted by Gasteiger charge is 2.29. The van der Waals surface area contributed by atoms with E-state index in [1.807, 2.05) is 4.90 Å². The molecule has 0 unspecified atom stereocenters. The number of carbonyl (C=O) groups excluding carboxylic acids is 1. The predicted molar refractivity (Wildman–Crippen MR) is 87.6 cm³/mol. The fraction of sp³-hybridized carbons (Fsp3) is 0.312. The molecule has 0 radical (unpaired) electrons. The number of halogens is 1. The third-order valence-corrected chi connectivity index (χ3v) is 4.04. The largest absolute Gasteiger partial charge is 0.419 e. The number of anilines is 2. The van der Waals surface area contributed by atoms with Crippen molar-refractivity contribution in [3.8, 4) is 0 Å². The molecule has 1 amide bonds. The van der Waals surface area contributed by atoms with E-state index < -0.39 is 6.09 Å². The van der Waals surface area contributed by atoms with E-state index in [1.54, 1.807) is 12.1 Å². The fourth-order valence-electron chi connectivity index (χ4n) is 2.83. The van der Waals surface area contributed by atoms with Crippen LogP contribution in [0.15, 0.2) is 36.4 Å². The van der Waals surface area contributed by atoms with Gasteiger partial charge < -0.3 is 14.4 Å². The van der Waals surface area contributed by atoms with Crippen molar-refractivity contribution in [1.29, 1.82) is 0 Å². The summed E-state index contributed by atoms with van der Waals surface area (Å²) in [6.07, 6.45) is 3.99. The molecule has 1 aromatic heterocycles. The summed E-state index contributed by atoms with van der Waals surface area (Å²) < 4.78 is 25.0. The summed E-state index contributed by atoms with van der Waals surface area (Å²) in [6, 6.07) is 4.74. The highest BCUT2D eigenvalue weighted by Crippen LogP contribution is 2.29. The Labute approximate surface area is 143 Å². The van der Waals surface area contributed by atoms with Gasteiger partial charge in [0.1, 0.15) is 11.6 Å². The molecular formula is C16H16FN5O3. The van der Waals surface area contributed by atoms with Gasteiger partial charge in [0.2, 0.25) is 0 Å². The van der Waals surface area contributed by atoms with E-state index in [0.29, 0.717) is 43.4 Å². The van der Waals surface area contributed by atoms with Gasteiger partial charge in [-0.05, 0) is 18.2 Å². The number of hydrogen-bond acceptors (Lipinski definition) is 6. The molecule has 3 heterocycles.